The Kier molecular flexibility index (Phi) is 7.91. The van der Waals surface area contributed by atoms with Gasteiger partial charge in [0.15, 0.2) is 0 Å². The van der Waals surface area contributed by atoms with Gasteiger partial charge < -0.3 is 10.9 Å². The molecule has 0 aromatic carbocycles. The van der Waals surface area contributed by atoms with Gasteiger partial charge in [-0.2, -0.15) is 0 Å². The minimum absolute atomic E-state index is 0. The number of rotatable bonds is 1. The minimum Gasteiger partial charge on any atom is -0.448 e. The lowest BCUT2D eigenvalue weighted by molar-refractivity contribution is 0.0929. The summed E-state index contributed by atoms with van der Waals surface area (Å²) in [6.45, 7) is 1.92. The molecule has 8 heavy (non-hydrogen) atoms. The molecule has 0 saturated carbocycles. The summed E-state index contributed by atoms with van der Waals surface area (Å²) in [5.41, 5.74) is 1.30. The molecule has 5 N–H and O–H groups in total. The molecule has 5 heteroatoms. The molecule has 0 radical (unpaired) electrons. The molecule has 0 fully saturated rings. The predicted octanol–water partition coefficient (Wildman–Crippen LogP) is 0.284. The van der Waals surface area contributed by atoms with Gasteiger partial charge in [0.1, 0.15) is 0 Å². The van der Waals surface area contributed by atoms with Crippen LogP contribution in [0.4, 0.5) is 4.79 Å². The highest BCUT2D eigenvalue weighted by atomic mass is 16.6. The molecule has 0 spiro atoms. The Morgan fingerprint density at radius 2 is 2.38 bits per heavy atom. The van der Waals surface area contributed by atoms with E-state index in [9.17, 15) is 4.79 Å². The van der Waals surface area contributed by atoms with E-state index in [0.29, 0.717) is 0 Å². The zero-order chi connectivity index (χ0) is 5.70. The van der Waals surface area contributed by atoms with Crippen LogP contribution in [0.2, 0.25) is 0 Å². The molecule has 1 amide bonds. The van der Waals surface area contributed by atoms with Gasteiger partial charge in [0, 0.05) is 0 Å². The first-order chi connectivity index (χ1) is 3.31. The number of ether oxygens (including phenoxy) is 1. The fourth-order valence-electron chi connectivity index (χ4n) is 0.163. The first kappa shape index (κ1) is 10.2. The van der Waals surface area contributed by atoms with Crippen LogP contribution >= 0.6 is 0 Å². The molecule has 0 aromatic rings. The fourth-order valence-corrected chi connectivity index (χ4v) is 0.163. The van der Waals surface area contributed by atoms with Gasteiger partial charge in [-0.15, -0.1) is 0 Å². The third-order valence-electron chi connectivity index (χ3n) is 0.367. The molecule has 0 heterocycles. The van der Waals surface area contributed by atoms with Crippen LogP contribution in [0.15, 0.2) is 0 Å². The molecule has 0 atom stereocenters. The van der Waals surface area contributed by atoms with E-state index >= 15 is 0 Å². The summed E-state index contributed by atoms with van der Waals surface area (Å²) in [4.78, 5) is 9.83. The van der Waals surface area contributed by atoms with Crippen LogP contribution in [-0.4, -0.2) is 17.9 Å². The summed E-state index contributed by atoms with van der Waals surface area (Å²) >= 11 is 0. The second-order valence-corrected chi connectivity index (χ2v) is 0.832. The maximum Gasteiger partial charge on any atom is 0.431 e. The summed E-state index contributed by atoms with van der Waals surface area (Å²) in [5.74, 6) is 0. The minimum atomic E-state index is -0.817. The van der Waals surface area contributed by atoms with Gasteiger partial charge in [-0.3, -0.25) is 5.21 Å². The third kappa shape index (κ3) is 5.19. The molecular formula is C3H10N2O3. The molecular weight excluding hydrogens is 112 g/mol. The van der Waals surface area contributed by atoms with E-state index < -0.39 is 6.09 Å². The molecule has 0 aliphatic heterocycles. The van der Waals surface area contributed by atoms with Crippen molar-refractivity contribution in [3.05, 3.63) is 0 Å². The summed E-state index contributed by atoms with van der Waals surface area (Å²) in [6.07, 6.45) is -0.817. The maximum atomic E-state index is 9.83. The lowest BCUT2D eigenvalue weighted by atomic mass is 10.9. The smallest absolute Gasteiger partial charge is 0.431 e. The number of carbonyl (C=O) groups excluding carboxylic acids is 1. The molecule has 0 aliphatic carbocycles. The third-order valence-corrected chi connectivity index (χ3v) is 0.367. The summed E-state index contributed by atoms with van der Waals surface area (Å²) in [5, 5.41) is 7.74. The molecule has 50 valence electrons. The van der Waals surface area contributed by atoms with Crippen LogP contribution in [0.1, 0.15) is 6.92 Å². The number of hydrogen-bond acceptors (Lipinski definition) is 4. The summed E-state index contributed by atoms with van der Waals surface area (Å²) in [6, 6.07) is 0. The normalized spacial score (nSPS) is 6.75. The highest BCUT2D eigenvalue weighted by molar-refractivity contribution is 5.65. The monoisotopic (exact) mass is 122 g/mol. The van der Waals surface area contributed by atoms with Crippen LogP contribution in [0, 0.1) is 0 Å². The first-order valence-electron chi connectivity index (χ1n) is 1.88. The van der Waals surface area contributed by atoms with Gasteiger partial charge in [-0.1, -0.05) is 0 Å². The van der Waals surface area contributed by atoms with Crippen LogP contribution in [-0.2, 0) is 4.74 Å². The van der Waals surface area contributed by atoms with Crippen molar-refractivity contribution in [2.24, 2.45) is 0 Å². The van der Waals surface area contributed by atoms with E-state index in [0.717, 1.165) is 0 Å². The van der Waals surface area contributed by atoms with E-state index in [-0.39, 0.29) is 12.8 Å². The van der Waals surface area contributed by atoms with Gasteiger partial charge in [0.05, 0.1) is 6.61 Å². The Hall–Kier alpha value is -0.810. The van der Waals surface area contributed by atoms with Crippen molar-refractivity contribution in [3.63, 3.8) is 0 Å². The van der Waals surface area contributed by atoms with E-state index in [1.54, 1.807) is 6.92 Å². The van der Waals surface area contributed by atoms with E-state index in [2.05, 4.69) is 4.74 Å². The zero-order valence-corrected chi connectivity index (χ0v) is 4.68. The number of hydroxylamine groups is 1. The quantitative estimate of drug-likeness (QED) is 0.344. The summed E-state index contributed by atoms with van der Waals surface area (Å²) < 4.78 is 4.19. The second kappa shape index (κ2) is 6.19. The van der Waals surface area contributed by atoms with Crippen molar-refractivity contribution in [2.45, 2.75) is 6.92 Å². The molecule has 5 nitrogen and oxygen atoms in total. The Morgan fingerprint density at radius 1 is 1.88 bits per heavy atom. The first-order valence-corrected chi connectivity index (χ1v) is 1.88. The van der Waals surface area contributed by atoms with Crippen molar-refractivity contribution >= 4 is 6.09 Å². The number of carbonyl (C=O) groups is 1. The number of hydrogen-bond donors (Lipinski definition) is 3. The number of amides is 1. The van der Waals surface area contributed by atoms with Gasteiger partial charge >= 0.3 is 6.09 Å². The molecule has 0 aliphatic rings. The molecule has 0 bridgehead atoms. The number of nitrogens with one attached hydrogen (secondary N) is 1. The molecule has 0 unspecified atom stereocenters. The van der Waals surface area contributed by atoms with Gasteiger partial charge in [0.2, 0.25) is 0 Å². The van der Waals surface area contributed by atoms with Gasteiger partial charge in [-0.25, -0.2) is 10.3 Å². The lowest BCUT2D eigenvalue weighted by Crippen LogP contribution is -2.19. The van der Waals surface area contributed by atoms with Gasteiger partial charge in [-0.05, 0) is 6.92 Å². The predicted molar refractivity (Wildman–Crippen MR) is 27.0 cm³/mol. The van der Waals surface area contributed by atoms with Crippen LogP contribution < -0.4 is 11.6 Å². The second-order valence-electron chi connectivity index (χ2n) is 0.832. The zero-order valence-electron chi connectivity index (χ0n) is 4.68. The van der Waals surface area contributed by atoms with Crippen molar-refractivity contribution in [3.8, 4) is 0 Å². The Bertz CT molecular complexity index is 65.5. The Morgan fingerprint density at radius 3 is 2.50 bits per heavy atom. The van der Waals surface area contributed by atoms with Crippen molar-refractivity contribution in [2.75, 3.05) is 6.61 Å². The van der Waals surface area contributed by atoms with Gasteiger partial charge in [0.25, 0.3) is 0 Å². The van der Waals surface area contributed by atoms with E-state index in [4.69, 9.17) is 5.21 Å². The standard InChI is InChI=1S/C3H7NO3.H3N/c1-2-7-3(5)4-6;/h6H,2H2,1H3,(H,4,5);1H3. The van der Waals surface area contributed by atoms with E-state index in [1.165, 1.54) is 5.48 Å². The average Bonchev–Trinajstić information content (AvgIpc) is 1.68. The SMILES string of the molecule is CCOC(=O)NO.N. The molecule has 0 aromatic heterocycles. The highest BCUT2D eigenvalue weighted by Gasteiger charge is 1.91. The summed E-state index contributed by atoms with van der Waals surface area (Å²) in [7, 11) is 0. The molecule has 0 rings (SSSR count). The fraction of sp³-hybridized carbons (Fsp3) is 0.667. The van der Waals surface area contributed by atoms with Crippen molar-refractivity contribution in [1.82, 2.24) is 11.6 Å². The topological polar surface area (TPSA) is 93.6 Å². The Balaban J connectivity index is 0. The van der Waals surface area contributed by atoms with E-state index in [1.807, 2.05) is 0 Å². The average molecular weight is 122 g/mol. The van der Waals surface area contributed by atoms with Crippen molar-refractivity contribution < 1.29 is 14.7 Å². The van der Waals surface area contributed by atoms with Crippen molar-refractivity contribution in [1.29, 1.82) is 0 Å². The highest BCUT2D eigenvalue weighted by Crippen LogP contribution is 1.70. The Labute approximate surface area is 47.2 Å². The van der Waals surface area contributed by atoms with Crippen LogP contribution in [0.25, 0.3) is 0 Å². The lowest BCUT2D eigenvalue weighted by Gasteiger charge is -1.94. The molecule has 0 saturated heterocycles. The van der Waals surface area contributed by atoms with Crippen LogP contribution in [0.3, 0.4) is 0 Å². The maximum absolute atomic E-state index is 9.83. The van der Waals surface area contributed by atoms with Crippen LogP contribution in [0.5, 0.6) is 0 Å². The largest absolute Gasteiger partial charge is 0.448 e.